The number of thiazole rings is 1. The van der Waals surface area contributed by atoms with Gasteiger partial charge in [-0.05, 0) is 39.7 Å². The summed E-state index contributed by atoms with van der Waals surface area (Å²) in [5.41, 5.74) is -13.3. The zero-order chi connectivity index (χ0) is 32.5. The van der Waals surface area contributed by atoms with E-state index in [-0.39, 0.29) is 35.4 Å². The van der Waals surface area contributed by atoms with Gasteiger partial charge in [-0.25, -0.2) is 4.98 Å². The summed E-state index contributed by atoms with van der Waals surface area (Å²) in [6.45, 7) is 4.66. The lowest BCUT2D eigenvalue weighted by Gasteiger charge is -2.32. The van der Waals surface area contributed by atoms with Gasteiger partial charge >= 0.3 is 18.5 Å². The predicted octanol–water partition coefficient (Wildman–Crippen LogP) is 5.18. The van der Waals surface area contributed by atoms with Crippen LogP contribution >= 0.6 is 11.3 Å². The van der Waals surface area contributed by atoms with Crippen molar-refractivity contribution in [1.29, 1.82) is 0 Å². The number of hydrogen-bond donors (Lipinski definition) is 2. The number of carbonyl (C=O) groups is 1. The van der Waals surface area contributed by atoms with Crippen LogP contribution in [0.1, 0.15) is 61.2 Å². The first-order chi connectivity index (χ1) is 19.5. The molecule has 4 heterocycles. The van der Waals surface area contributed by atoms with E-state index < -0.39 is 69.1 Å². The maximum atomic E-state index is 14.3. The zero-order valence-electron chi connectivity index (χ0n) is 22.6. The molecule has 1 aliphatic heterocycles. The topological polar surface area (TPSA) is 117 Å². The minimum Gasteiger partial charge on any atom is -0.382 e. The Morgan fingerprint density at radius 3 is 2.09 bits per heavy atom. The molecule has 0 radical (unpaired) electrons. The normalized spacial score (nSPS) is 17.2. The summed E-state index contributed by atoms with van der Waals surface area (Å²) in [5.74, 6) is -0.925. The average molecular weight is 647 g/mol. The molecule has 0 aromatic carbocycles. The Bertz CT molecular complexity index is 1520. The first-order valence-corrected chi connectivity index (χ1v) is 13.2. The molecule has 0 bridgehead atoms. The summed E-state index contributed by atoms with van der Waals surface area (Å²) >= 11 is 0.436. The second-order valence-electron chi connectivity index (χ2n) is 10.5. The molecule has 1 saturated heterocycles. The molecule has 236 valence electrons. The van der Waals surface area contributed by atoms with Crippen LogP contribution in [0.15, 0.2) is 12.3 Å². The van der Waals surface area contributed by atoms with Crippen molar-refractivity contribution < 1.29 is 54.5 Å². The Labute approximate surface area is 241 Å². The third kappa shape index (κ3) is 5.57. The van der Waals surface area contributed by atoms with E-state index in [1.165, 1.54) is 30.4 Å². The molecule has 0 aliphatic carbocycles. The second kappa shape index (κ2) is 10.4. The largest absolute Gasteiger partial charge is 0.432 e. The Morgan fingerprint density at radius 1 is 1.02 bits per heavy atom. The number of likely N-dealkylation sites (tertiary alicyclic amines) is 1. The third-order valence-corrected chi connectivity index (χ3v) is 7.99. The van der Waals surface area contributed by atoms with Gasteiger partial charge in [-0.3, -0.25) is 9.78 Å². The molecular weight excluding hydrogens is 623 g/mol. The molecule has 1 aliphatic rings. The van der Waals surface area contributed by atoms with Gasteiger partial charge in [-0.1, -0.05) is 0 Å². The highest BCUT2D eigenvalue weighted by Gasteiger charge is 2.72. The van der Waals surface area contributed by atoms with E-state index in [4.69, 9.17) is 0 Å². The van der Waals surface area contributed by atoms with Crippen LogP contribution in [0.3, 0.4) is 0 Å². The fraction of sp³-hybridized carbons (Fsp3) is 0.542. The first-order valence-electron chi connectivity index (χ1n) is 12.4. The van der Waals surface area contributed by atoms with E-state index in [1.54, 1.807) is 6.92 Å². The number of aliphatic hydroxyl groups is 2. The zero-order valence-corrected chi connectivity index (χ0v) is 23.5. The van der Waals surface area contributed by atoms with E-state index >= 15 is 0 Å². The average Bonchev–Trinajstić information content (AvgIpc) is 3.58. The van der Waals surface area contributed by atoms with Gasteiger partial charge < -0.3 is 19.7 Å². The number of halogens is 9. The van der Waals surface area contributed by atoms with Crippen molar-refractivity contribution in [2.24, 2.45) is 7.05 Å². The molecule has 1 amide bonds. The minimum atomic E-state index is -6.49. The van der Waals surface area contributed by atoms with Crippen LogP contribution in [0.25, 0.3) is 21.3 Å². The summed E-state index contributed by atoms with van der Waals surface area (Å²) in [4.78, 5) is 21.5. The Balaban J connectivity index is 2.00. The number of carbonyl (C=O) groups excluding carboxylic acids is 1. The summed E-state index contributed by atoms with van der Waals surface area (Å²) in [6, 6.07) is -0.893. The highest BCUT2D eigenvalue weighted by Crippen LogP contribution is 2.51. The Hall–Kier alpha value is -3.32. The summed E-state index contributed by atoms with van der Waals surface area (Å²) < 4.78 is 125. The first kappa shape index (κ1) is 32.6. The number of hydrogen-bond acceptors (Lipinski definition) is 8. The SMILES string of the molecule is C[C@H]1CCCN1C(=O)c1nc(-c2nnc(C(C)(C)O)n2C)sc1-c1cnc(C(O)(C(F)(F)F)C(F)(F)F)cc1C(F)(F)F. The molecule has 19 heteroatoms. The van der Waals surface area contributed by atoms with E-state index in [2.05, 4.69) is 20.2 Å². The fourth-order valence-electron chi connectivity index (χ4n) is 4.68. The number of amides is 1. The molecule has 3 aromatic rings. The number of alkyl halides is 9. The maximum Gasteiger partial charge on any atom is 0.432 e. The highest BCUT2D eigenvalue weighted by molar-refractivity contribution is 7.18. The van der Waals surface area contributed by atoms with Crippen LogP contribution in [-0.4, -0.2) is 70.7 Å². The standard InChI is InChI=1S/C24H23F9N6O3S/c1-10-6-5-7-39(10)18(40)14-15(43-17(35-14)16-36-37-19(38(16)4)20(2,3)41)11-9-34-13(8-12(11)22(25,26)27)21(42,23(28,29)30)24(31,32)33/h8-10,41-42H,5-7H2,1-4H3/t10-/m0/s1. The van der Waals surface area contributed by atoms with Crippen LogP contribution in [0.2, 0.25) is 0 Å². The second-order valence-corrected chi connectivity index (χ2v) is 11.5. The fourth-order valence-corrected chi connectivity index (χ4v) is 5.78. The Kier molecular flexibility index (Phi) is 7.88. The van der Waals surface area contributed by atoms with Crippen molar-refractivity contribution in [1.82, 2.24) is 29.6 Å². The summed E-state index contributed by atoms with van der Waals surface area (Å²) in [5, 5.41) is 27.6. The van der Waals surface area contributed by atoms with Gasteiger partial charge in [-0.2, -0.15) is 39.5 Å². The van der Waals surface area contributed by atoms with Crippen molar-refractivity contribution >= 4 is 17.2 Å². The number of aromatic nitrogens is 5. The minimum absolute atomic E-state index is 0.0147. The van der Waals surface area contributed by atoms with E-state index in [1.807, 2.05) is 0 Å². The third-order valence-electron chi connectivity index (χ3n) is 6.90. The van der Waals surface area contributed by atoms with Crippen molar-refractivity contribution in [2.45, 2.75) is 69.4 Å². The smallest absolute Gasteiger partial charge is 0.382 e. The lowest BCUT2D eigenvalue weighted by atomic mass is 9.94. The summed E-state index contributed by atoms with van der Waals surface area (Å²) in [7, 11) is 1.40. The molecule has 9 nitrogen and oxygen atoms in total. The summed E-state index contributed by atoms with van der Waals surface area (Å²) in [6.07, 6.45) is -17.3. The molecule has 0 saturated carbocycles. The lowest BCUT2D eigenvalue weighted by molar-refractivity contribution is -0.377. The lowest BCUT2D eigenvalue weighted by Crippen LogP contribution is -2.54. The number of rotatable bonds is 5. The van der Waals surface area contributed by atoms with Crippen LogP contribution in [-0.2, 0) is 24.4 Å². The van der Waals surface area contributed by atoms with Crippen molar-refractivity contribution in [3.8, 4) is 21.3 Å². The predicted molar refractivity (Wildman–Crippen MR) is 131 cm³/mol. The van der Waals surface area contributed by atoms with Gasteiger partial charge in [0, 0.05) is 31.4 Å². The van der Waals surface area contributed by atoms with Crippen LogP contribution in [0.4, 0.5) is 39.5 Å². The molecular formula is C24H23F9N6O3S. The maximum absolute atomic E-state index is 14.3. The number of pyridine rings is 1. The monoisotopic (exact) mass is 646 g/mol. The van der Waals surface area contributed by atoms with Gasteiger partial charge in [0.05, 0.1) is 16.1 Å². The molecule has 4 rings (SSSR count). The van der Waals surface area contributed by atoms with Crippen LogP contribution < -0.4 is 0 Å². The molecule has 0 spiro atoms. The van der Waals surface area contributed by atoms with Crippen LogP contribution in [0.5, 0.6) is 0 Å². The van der Waals surface area contributed by atoms with Crippen molar-refractivity contribution in [3.63, 3.8) is 0 Å². The van der Waals surface area contributed by atoms with Crippen molar-refractivity contribution in [2.75, 3.05) is 6.54 Å². The van der Waals surface area contributed by atoms with Gasteiger partial charge in [0.25, 0.3) is 11.5 Å². The molecule has 2 N–H and O–H groups in total. The Morgan fingerprint density at radius 2 is 1.63 bits per heavy atom. The highest BCUT2D eigenvalue weighted by atomic mass is 32.1. The van der Waals surface area contributed by atoms with Gasteiger partial charge in [-0.15, -0.1) is 21.5 Å². The molecule has 3 aromatic heterocycles. The van der Waals surface area contributed by atoms with Gasteiger partial charge in [0.15, 0.2) is 16.7 Å². The van der Waals surface area contributed by atoms with Gasteiger partial charge in [0.2, 0.25) is 0 Å². The van der Waals surface area contributed by atoms with E-state index in [9.17, 15) is 54.5 Å². The molecule has 1 atom stereocenters. The molecule has 43 heavy (non-hydrogen) atoms. The molecule has 1 fully saturated rings. The van der Waals surface area contributed by atoms with Crippen LogP contribution in [0, 0.1) is 0 Å². The van der Waals surface area contributed by atoms with E-state index in [0.29, 0.717) is 24.2 Å². The quantitative estimate of drug-likeness (QED) is 0.367. The number of nitrogens with zero attached hydrogens (tertiary/aromatic N) is 6. The van der Waals surface area contributed by atoms with Crippen molar-refractivity contribution in [3.05, 3.63) is 35.0 Å². The molecule has 0 unspecified atom stereocenters. The van der Waals surface area contributed by atoms with Gasteiger partial charge in [0.1, 0.15) is 11.3 Å². The van der Waals surface area contributed by atoms with E-state index in [0.717, 1.165) is 0 Å².